The predicted octanol–water partition coefficient (Wildman–Crippen LogP) is 10.8. The van der Waals surface area contributed by atoms with Crippen molar-refractivity contribution in [2.75, 3.05) is 5.32 Å². The molecule has 7 nitrogen and oxygen atoms in total. The first-order valence-electron chi connectivity index (χ1n) is 20.1. The second kappa shape index (κ2) is 29.4. The van der Waals surface area contributed by atoms with Gasteiger partial charge < -0.3 is 16.4 Å². The Hall–Kier alpha value is -3.10. The summed E-state index contributed by atoms with van der Waals surface area (Å²) in [5.74, 6) is 1.41. The predicted molar refractivity (Wildman–Crippen MR) is 224 cm³/mol. The quantitative estimate of drug-likeness (QED) is 0.0722. The number of aryl methyl sites for hydroxylation is 1. The summed E-state index contributed by atoms with van der Waals surface area (Å²) in [6, 6.07) is -0.788. The Labute approximate surface area is 321 Å². The van der Waals surface area contributed by atoms with Gasteiger partial charge in [-0.25, -0.2) is 4.98 Å². The molecular weight excluding hydrogens is 665 g/mol. The number of carbonyl (C=O) groups excluding carboxylic acids is 3. The molecule has 1 aromatic rings. The summed E-state index contributed by atoms with van der Waals surface area (Å²) in [6.45, 7) is 14.2. The molecular formula is C44H72N4O3S. The highest BCUT2D eigenvalue weighted by Gasteiger charge is 2.26. The maximum absolute atomic E-state index is 13.1. The van der Waals surface area contributed by atoms with Crippen molar-refractivity contribution in [2.45, 2.75) is 163 Å². The van der Waals surface area contributed by atoms with Crippen molar-refractivity contribution in [3.05, 3.63) is 71.3 Å². The highest BCUT2D eigenvalue weighted by molar-refractivity contribution is 7.15. The SMILES string of the molecule is CC(=O)[C@@H](N)CC(C)C.CC/C=C\C/C=C\C/C=C\C/C=C\C/C=C\CCCC(=O)N[C@@H](CC(C)C)C(=O)Nc1nc2c(s1)C[C@H](CCCC)CC2. The van der Waals surface area contributed by atoms with Crippen molar-refractivity contribution in [3.63, 3.8) is 0 Å². The number of fused-ring (bicyclic) bond motifs is 1. The van der Waals surface area contributed by atoms with Gasteiger partial charge in [-0.15, -0.1) is 11.3 Å². The molecule has 52 heavy (non-hydrogen) atoms. The molecule has 1 aromatic heterocycles. The van der Waals surface area contributed by atoms with Crippen molar-refractivity contribution in [3.8, 4) is 0 Å². The minimum absolute atomic E-state index is 0.0645. The lowest BCUT2D eigenvalue weighted by atomic mass is 9.87. The number of thiazole rings is 1. The molecule has 3 atom stereocenters. The Bertz CT molecular complexity index is 1290. The van der Waals surface area contributed by atoms with Gasteiger partial charge in [-0.3, -0.25) is 14.4 Å². The van der Waals surface area contributed by atoms with E-state index in [0.717, 1.165) is 75.8 Å². The molecule has 0 aromatic carbocycles. The van der Waals surface area contributed by atoms with Crippen molar-refractivity contribution < 1.29 is 14.4 Å². The van der Waals surface area contributed by atoms with E-state index < -0.39 is 6.04 Å². The second-order valence-electron chi connectivity index (χ2n) is 14.8. The van der Waals surface area contributed by atoms with Crippen LogP contribution < -0.4 is 16.4 Å². The van der Waals surface area contributed by atoms with Gasteiger partial charge in [-0.1, -0.05) is 122 Å². The molecule has 0 spiro atoms. The van der Waals surface area contributed by atoms with E-state index in [2.05, 4.69) is 113 Å². The van der Waals surface area contributed by atoms with Gasteiger partial charge in [-0.2, -0.15) is 0 Å². The van der Waals surface area contributed by atoms with Gasteiger partial charge >= 0.3 is 0 Å². The molecule has 0 unspecified atom stereocenters. The zero-order valence-electron chi connectivity index (χ0n) is 33.6. The van der Waals surface area contributed by atoms with Crippen LogP contribution >= 0.6 is 11.3 Å². The van der Waals surface area contributed by atoms with Crippen LogP contribution in [0.3, 0.4) is 0 Å². The first kappa shape index (κ1) is 46.9. The number of nitrogens with two attached hydrogens (primary N) is 1. The van der Waals surface area contributed by atoms with Crippen molar-refractivity contribution in [2.24, 2.45) is 23.5 Å². The van der Waals surface area contributed by atoms with Gasteiger partial charge in [0.1, 0.15) is 11.8 Å². The molecule has 0 fully saturated rings. The number of ketones is 1. The zero-order valence-corrected chi connectivity index (χ0v) is 34.4. The number of Topliss-reactive ketones (excluding diaryl/α,β-unsaturated/α-hetero) is 1. The second-order valence-corrected chi connectivity index (χ2v) is 15.9. The number of rotatable bonds is 24. The van der Waals surface area contributed by atoms with Crippen LogP contribution in [0.2, 0.25) is 0 Å². The van der Waals surface area contributed by atoms with Gasteiger partial charge in [0.2, 0.25) is 11.8 Å². The largest absolute Gasteiger partial charge is 0.344 e. The molecule has 0 aliphatic heterocycles. The summed E-state index contributed by atoms with van der Waals surface area (Å²) in [6.07, 6.45) is 37.3. The average molecular weight is 737 g/mol. The van der Waals surface area contributed by atoms with Crippen molar-refractivity contribution in [1.29, 1.82) is 0 Å². The minimum atomic E-state index is -0.542. The van der Waals surface area contributed by atoms with E-state index >= 15 is 0 Å². The van der Waals surface area contributed by atoms with Gasteiger partial charge in [0, 0.05) is 11.3 Å². The van der Waals surface area contributed by atoms with E-state index in [4.69, 9.17) is 10.7 Å². The lowest BCUT2D eigenvalue weighted by Crippen LogP contribution is -2.44. The zero-order chi connectivity index (χ0) is 38.6. The summed E-state index contributed by atoms with van der Waals surface area (Å²) in [5, 5.41) is 6.69. The normalized spacial score (nSPS) is 15.9. The Morgan fingerprint density at radius 2 is 1.42 bits per heavy atom. The molecule has 2 rings (SSSR count). The Morgan fingerprint density at radius 3 is 1.94 bits per heavy atom. The van der Waals surface area contributed by atoms with Gasteiger partial charge in [0.15, 0.2) is 5.13 Å². The molecule has 4 N–H and O–H groups in total. The molecule has 0 bridgehead atoms. The third kappa shape index (κ3) is 23.5. The molecule has 292 valence electrons. The Balaban J connectivity index is 0.00000132. The average Bonchev–Trinajstić information content (AvgIpc) is 3.49. The summed E-state index contributed by atoms with van der Waals surface area (Å²) in [7, 11) is 0. The lowest BCUT2D eigenvalue weighted by molar-refractivity contribution is -0.126. The summed E-state index contributed by atoms with van der Waals surface area (Å²) in [5.41, 5.74) is 6.61. The molecule has 8 heteroatoms. The summed E-state index contributed by atoms with van der Waals surface area (Å²) >= 11 is 1.61. The van der Waals surface area contributed by atoms with Crippen LogP contribution in [0.4, 0.5) is 5.13 Å². The molecule has 1 heterocycles. The molecule has 1 aliphatic carbocycles. The summed E-state index contributed by atoms with van der Waals surface area (Å²) in [4.78, 5) is 42.4. The molecule has 2 amide bonds. The van der Waals surface area contributed by atoms with Crippen LogP contribution in [0.5, 0.6) is 0 Å². The van der Waals surface area contributed by atoms with Gasteiger partial charge in [-0.05, 0) is 102 Å². The highest BCUT2D eigenvalue weighted by atomic mass is 32.1. The standard InChI is InChI=1S/C37H57N3O2S.C7H15NO/c1-5-7-9-10-11-12-13-14-15-16-17-18-19-20-21-22-23-25-35(41)38-33(28-30(3)4)36(42)40-37-39-32-27-26-31(24-8-6-2)29-34(32)43-37;1-5(2)4-7(8)6(3)9/h7,9,11-12,14-15,17-18,20-21,30-31,33H,5-6,8,10,13,16,19,22-29H2,1-4H3,(H,38,41)(H,39,40,42);5,7H,4,8H2,1-3H3/b9-7-,12-11-,15-14-,18-17-,21-20-;/t31-,33+;7-/m10/s1. The van der Waals surface area contributed by atoms with Gasteiger partial charge in [0.25, 0.3) is 0 Å². The number of hydrogen-bond donors (Lipinski definition) is 3. The van der Waals surface area contributed by atoms with Crippen LogP contribution in [0.25, 0.3) is 0 Å². The van der Waals surface area contributed by atoms with Crippen LogP contribution in [0.15, 0.2) is 60.8 Å². The Kier molecular flexibility index (Phi) is 26.5. The topological polar surface area (TPSA) is 114 Å². The lowest BCUT2D eigenvalue weighted by Gasteiger charge is -2.20. The van der Waals surface area contributed by atoms with Crippen LogP contribution in [0, 0.1) is 17.8 Å². The maximum atomic E-state index is 13.1. The van der Waals surface area contributed by atoms with Crippen molar-refractivity contribution >= 4 is 34.1 Å². The number of nitrogens with one attached hydrogen (secondary N) is 2. The number of nitrogens with zero attached hydrogens (tertiary/aromatic N) is 1. The highest BCUT2D eigenvalue weighted by Crippen LogP contribution is 2.34. The van der Waals surface area contributed by atoms with Crippen molar-refractivity contribution in [1.82, 2.24) is 10.3 Å². The van der Waals surface area contributed by atoms with E-state index in [-0.39, 0.29) is 23.6 Å². The molecule has 0 saturated carbocycles. The third-order valence-electron chi connectivity index (χ3n) is 8.78. The van der Waals surface area contributed by atoms with E-state index in [1.165, 1.54) is 37.5 Å². The molecule has 1 aliphatic rings. The fraction of sp³-hybridized carbons (Fsp3) is 0.636. The monoisotopic (exact) mass is 737 g/mol. The number of aromatic nitrogens is 1. The smallest absolute Gasteiger partial charge is 0.248 e. The fourth-order valence-corrected chi connectivity index (χ4v) is 6.95. The summed E-state index contributed by atoms with van der Waals surface area (Å²) < 4.78 is 0. The van der Waals surface area contributed by atoms with E-state index in [0.29, 0.717) is 29.8 Å². The van der Waals surface area contributed by atoms with E-state index in [9.17, 15) is 14.4 Å². The minimum Gasteiger partial charge on any atom is -0.344 e. The number of anilines is 1. The number of hydrogen-bond acceptors (Lipinski definition) is 6. The maximum Gasteiger partial charge on any atom is 0.248 e. The molecule has 0 radical (unpaired) electrons. The number of unbranched alkanes of at least 4 members (excludes halogenated alkanes) is 2. The number of carbonyl (C=O) groups is 3. The van der Waals surface area contributed by atoms with E-state index in [1.807, 2.05) is 0 Å². The first-order valence-corrected chi connectivity index (χ1v) is 20.9. The number of amides is 2. The van der Waals surface area contributed by atoms with Crippen LogP contribution in [-0.2, 0) is 27.2 Å². The van der Waals surface area contributed by atoms with Crippen LogP contribution in [0.1, 0.15) is 149 Å². The van der Waals surface area contributed by atoms with Gasteiger partial charge in [0.05, 0.1) is 11.7 Å². The van der Waals surface area contributed by atoms with Crippen LogP contribution in [-0.4, -0.2) is 34.7 Å². The fourth-order valence-electron chi connectivity index (χ4n) is 5.82. The Morgan fingerprint density at radius 1 is 0.846 bits per heavy atom. The van der Waals surface area contributed by atoms with E-state index in [1.54, 1.807) is 11.3 Å². The first-order chi connectivity index (χ1) is 25.0. The third-order valence-corrected chi connectivity index (χ3v) is 9.81. The molecule has 0 saturated heterocycles. The number of allylic oxidation sites excluding steroid dienone is 10.